The van der Waals surface area contributed by atoms with Gasteiger partial charge in [-0.15, -0.1) is 11.3 Å². The molecular weight excluding hydrogens is 320 g/mol. The first-order valence-electron chi connectivity index (χ1n) is 8.10. The molecule has 1 aliphatic rings. The van der Waals surface area contributed by atoms with Crippen molar-refractivity contribution < 1.29 is 9.53 Å². The minimum absolute atomic E-state index is 0.00501. The quantitative estimate of drug-likeness (QED) is 0.854. The highest BCUT2D eigenvalue weighted by Crippen LogP contribution is 2.27. The topological polar surface area (TPSA) is 53.3 Å². The molecule has 5 heteroatoms. The van der Waals surface area contributed by atoms with E-state index >= 15 is 0 Å². The van der Waals surface area contributed by atoms with Gasteiger partial charge in [-0.05, 0) is 41.5 Å². The third kappa shape index (κ3) is 3.29. The number of hydrogen-bond donors (Lipinski definition) is 0. The van der Waals surface area contributed by atoms with Crippen LogP contribution in [0, 0.1) is 17.2 Å². The van der Waals surface area contributed by atoms with Crippen molar-refractivity contribution in [3.05, 3.63) is 51.7 Å². The second-order valence-electron chi connectivity index (χ2n) is 6.27. The average molecular weight is 340 g/mol. The van der Waals surface area contributed by atoms with Crippen molar-refractivity contribution in [3.8, 4) is 11.8 Å². The summed E-state index contributed by atoms with van der Waals surface area (Å²) in [6.45, 7) is 5.30. The maximum Gasteiger partial charge on any atom is 0.264 e. The smallest absolute Gasteiger partial charge is 0.264 e. The normalized spacial score (nSPS) is 14.8. The first kappa shape index (κ1) is 16.5. The number of nitrogens with zero attached hydrogens (tertiary/aromatic N) is 2. The summed E-state index contributed by atoms with van der Waals surface area (Å²) in [4.78, 5) is 16.2. The lowest BCUT2D eigenvalue weighted by molar-refractivity contribution is -0.141. The fraction of sp³-hybridized carbons (Fsp3) is 0.368. The van der Waals surface area contributed by atoms with Crippen LogP contribution in [0.3, 0.4) is 0 Å². The largest absolute Gasteiger partial charge is 0.479 e. The molecule has 0 aliphatic carbocycles. The van der Waals surface area contributed by atoms with Crippen LogP contribution in [0.25, 0.3) is 0 Å². The molecule has 24 heavy (non-hydrogen) atoms. The molecule has 2 aromatic rings. The molecule has 0 radical (unpaired) electrons. The number of para-hydroxylation sites is 1. The lowest BCUT2D eigenvalue weighted by atomic mass is 10.0. The number of carbonyl (C=O) groups is 1. The number of hydrogen-bond acceptors (Lipinski definition) is 4. The van der Waals surface area contributed by atoms with Gasteiger partial charge in [-0.1, -0.05) is 26.0 Å². The third-order valence-corrected chi connectivity index (χ3v) is 5.25. The Morgan fingerprint density at radius 2 is 2.12 bits per heavy atom. The molecule has 3 rings (SSSR count). The van der Waals surface area contributed by atoms with Crippen molar-refractivity contribution in [2.75, 3.05) is 6.54 Å². The number of nitriles is 1. The zero-order valence-electron chi connectivity index (χ0n) is 13.9. The molecule has 4 nitrogen and oxygen atoms in total. The molecule has 0 fully saturated rings. The Balaban J connectivity index is 1.79. The lowest BCUT2D eigenvalue weighted by Crippen LogP contribution is -2.46. The van der Waals surface area contributed by atoms with Crippen molar-refractivity contribution in [1.82, 2.24) is 4.90 Å². The van der Waals surface area contributed by atoms with Gasteiger partial charge in [0, 0.05) is 18.0 Å². The van der Waals surface area contributed by atoms with Gasteiger partial charge in [0.15, 0.2) is 6.10 Å². The number of benzene rings is 1. The van der Waals surface area contributed by atoms with E-state index in [0.717, 1.165) is 13.0 Å². The highest BCUT2D eigenvalue weighted by atomic mass is 32.1. The van der Waals surface area contributed by atoms with Gasteiger partial charge in [-0.25, -0.2) is 0 Å². The summed E-state index contributed by atoms with van der Waals surface area (Å²) in [5.41, 5.74) is 1.69. The van der Waals surface area contributed by atoms with Crippen LogP contribution in [0.1, 0.15) is 29.9 Å². The first-order chi connectivity index (χ1) is 11.6. The summed E-state index contributed by atoms with van der Waals surface area (Å²) in [5, 5.41) is 11.3. The van der Waals surface area contributed by atoms with E-state index < -0.39 is 6.10 Å². The third-order valence-electron chi connectivity index (χ3n) is 4.23. The first-order valence-corrected chi connectivity index (χ1v) is 8.98. The zero-order chi connectivity index (χ0) is 17.1. The second kappa shape index (κ2) is 7.06. The second-order valence-corrected chi connectivity index (χ2v) is 7.27. The van der Waals surface area contributed by atoms with Crippen LogP contribution in [-0.2, 0) is 17.8 Å². The van der Waals surface area contributed by atoms with Crippen molar-refractivity contribution in [1.29, 1.82) is 5.26 Å². The molecule has 1 unspecified atom stereocenters. The van der Waals surface area contributed by atoms with Crippen LogP contribution < -0.4 is 4.74 Å². The van der Waals surface area contributed by atoms with E-state index in [1.165, 1.54) is 10.4 Å². The molecular formula is C19H20N2O2S. The Bertz CT molecular complexity index is 776. The maximum atomic E-state index is 13.0. The SMILES string of the molecule is CC(C)C(Oc1ccccc1C#N)C(=O)N1CCc2sccc2C1. The molecule has 1 aliphatic heterocycles. The predicted molar refractivity (Wildman–Crippen MR) is 93.9 cm³/mol. The molecule has 0 N–H and O–H groups in total. The Morgan fingerprint density at radius 3 is 2.88 bits per heavy atom. The standard InChI is InChI=1S/C19H20N2O2S/c1-13(2)18(23-16-6-4-3-5-14(16)11-20)19(22)21-9-7-17-15(12-21)8-10-24-17/h3-6,8,10,13,18H,7,9,12H2,1-2H3. The van der Waals surface area contributed by atoms with Gasteiger partial charge >= 0.3 is 0 Å². The number of carbonyl (C=O) groups excluding carboxylic acids is 1. The van der Waals surface area contributed by atoms with E-state index in [-0.39, 0.29) is 11.8 Å². The lowest BCUT2D eigenvalue weighted by Gasteiger charge is -2.32. The Labute approximate surface area is 146 Å². The molecule has 1 amide bonds. The van der Waals surface area contributed by atoms with E-state index in [4.69, 9.17) is 4.74 Å². The summed E-state index contributed by atoms with van der Waals surface area (Å²) < 4.78 is 5.97. The van der Waals surface area contributed by atoms with Crippen molar-refractivity contribution >= 4 is 17.2 Å². The van der Waals surface area contributed by atoms with Crippen LogP contribution >= 0.6 is 11.3 Å². The monoisotopic (exact) mass is 340 g/mol. The van der Waals surface area contributed by atoms with Crippen LogP contribution in [0.2, 0.25) is 0 Å². The highest BCUT2D eigenvalue weighted by molar-refractivity contribution is 7.10. The van der Waals surface area contributed by atoms with Crippen molar-refractivity contribution in [2.24, 2.45) is 5.92 Å². The number of amides is 1. The van der Waals surface area contributed by atoms with Crippen molar-refractivity contribution in [2.45, 2.75) is 32.9 Å². The van der Waals surface area contributed by atoms with Gasteiger partial charge < -0.3 is 9.64 Å². The van der Waals surface area contributed by atoms with Crippen LogP contribution in [0.5, 0.6) is 5.75 Å². The van der Waals surface area contributed by atoms with Gasteiger partial charge in [-0.3, -0.25) is 4.79 Å². The Hall–Kier alpha value is -2.32. The minimum atomic E-state index is -0.584. The summed E-state index contributed by atoms with van der Waals surface area (Å²) in [6.07, 6.45) is 0.318. The molecule has 1 aromatic carbocycles. The minimum Gasteiger partial charge on any atom is -0.479 e. The Kier molecular flexibility index (Phi) is 4.86. The average Bonchev–Trinajstić information content (AvgIpc) is 3.06. The van der Waals surface area contributed by atoms with E-state index in [1.807, 2.05) is 24.8 Å². The molecule has 0 saturated carbocycles. The molecule has 1 aromatic heterocycles. The molecule has 1 atom stereocenters. The summed E-state index contributed by atoms with van der Waals surface area (Å²) in [7, 11) is 0. The fourth-order valence-electron chi connectivity index (χ4n) is 2.89. The number of fused-ring (bicyclic) bond motifs is 1. The molecule has 2 heterocycles. The van der Waals surface area contributed by atoms with Gasteiger partial charge in [-0.2, -0.15) is 5.26 Å². The highest BCUT2D eigenvalue weighted by Gasteiger charge is 2.31. The van der Waals surface area contributed by atoms with E-state index in [1.54, 1.807) is 29.5 Å². The van der Waals surface area contributed by atoms with Crippen LogP contribution in [0.15, 0.2) is 35.7 Å². The molecule has 0 saturated heterocycles. The summed E-state index contributed by atoms with van der Waals surface area (Å²) >= 11 is 1.76. The molecule has 0 spiro atoms. The van der Waals surface area contributed by atoms with Gasteiger partial charge in [0.25, 0.3) is 5.91 Å². The van der Waals surface area contributed by atoms with Gasteiger partial charge in [0.1, 0.15) is 11.8 Å². The zero-order valence-corrected chi connectivity index (χ0v) is 14.7. The summed E-state index contributed by atoms with van der Waals surface area (Å²) in [6, 6.07) is 11.3. The van der Waals surface area contributed by atoms with Gasteiger partial charge in [0.05, 0.1) is 5.56 Å². The molecule has 124 valence electrons. The predicted octanol–water partition coefficient (Wildman–Crippen LogP) is 3.61. The maximum absolute atomic E-state index is 13.0. The van der Waals surface area contributed by atoms with E-state index in [9.17, 15) is 10.1 Å². The van der Waals surface area contributed by atoms with Gasteiger partial charge in [0.2, 0.25) is 0 Å². The van der Waals surface area contributed by atoms with Crippen LogP contribution in [-0.4, -0.2) is 23.5 Å². The van der Waals surface area contributed by atoms with Crippen LogP contribution in [0.4, 0.5) is 0 Å². The number of rotatable bonds is 4. The van der Waals surface area contributed by atoms with Crippen molar-refractivity contribution in [3.63, 3.8) is 0 Å². The summed E-state index contributed by atoms with van der Waals surface area (Å²) in [5.74, 6) is 0.489. The fourth-order valence-corrected chi connectivity index (χ4v) is 3.78. The van der Waals surface area contributed by atoms with E-state index in [2.05, 4.69) is 17.5 Å². The number of ether oxygens (including phenoxy) is 1. The van der Waals surface area contributed by atoms with E-state index in [0.29, 0.717) is 17.9 Å². The molecule has 0 bridgehead atoms. The number of thiophene rings is 1. The Morgan fingerprint density at radius 1 is 1.33 bits per heavy atom.